The molecule has 3 amide bonds. The highest BCUT2D eigenvalue weighted by atomic mass is 35.5. The molecule has 42 heavy (non-hydrogen) atoms. The van der Waals surface area contributed by atoms with Gasteiger partial charge >= 0.3 is 0 Å². The zero-order valence-corrected chi connectivity index (χ0v) is 24.2. The monoisotopic (exact) mass is 591 g/mol. The van der Waals surface area contributed by atoms with Gasteiger partial charge in [-0.15, -0.1) is 0 Å². The van der Waals surface area contributed by atoms with E-state index < -0.39 is 17.6 Å². The van der Waals surface area contributed by atoms with Gasteiger partial charge in [-0.2, -0.15) is 5.10 Å². The van der Waals surface area contributed by atoms with E-state index in [1.807, 2.05) is 30.3 Å². The third kappa shape index (κ3) is 7.19. The molecule has 4 rings (SSSR count). The number of ketones is 1. The first-order chi connectivity index (χ1) is 20.0. The third-order valence-corrected chi connectivity index (χ3v) is 6.98. The Kier molecular flexibility index (Phi) is 9.69. The second-order valence-electron chi connectivity index (χ2n) is 10.1. The average Bonchev–Trinajstić information content (AvgIpc) is 3.33. The molecule has 0 aliphatic rings. The fourth-order valence-corrected chi connectivity index (χ4v) is 4.64. The number of carbonyl (C=O) groups is 4. The lowest BCUT2D eigenvalue weighted by Gasteiger charge is -2.26. The van der Waals surface area contributed by atoms with Gasteiger partial charge < -0.3 is 15.5 Å². The van der Waals surface area contributed by atoms with Crippen molar-refractivity contribution in [2.24, 2.45) is 0 Å². The first kappa shape index (κ1) is 30.4. The van der Waals surface area contributed by atoms with E-state index in [0.717, 1.165) is 5.56 Å². The highest BCUT2D eigenvalue weighted by molar-refractivity contribution is 6.30. The first-order valence-electron chi connectivity index (χ1n) is 13.4. The summed E-state index contributed by atoms with van der Waals surface area (Å²) in [7, 11) is 0. The minimum Gasteiger partial charge on any atom is -0.350 e. The summed E-state index contributed by atoms with van der Waals surface area (Å²) in [5.74, 6) is -2.12. The first-order valence-corrected chi connectivity index (χ1v) is 13.8. The predicted octanol–water partition coefficient (Wildman–Crippen LogP) is 4.51. The Hall–Kier alpha value is -4.57. The van der Waals surface area contributed by atoms with E-state index in [0.29, 0.717) is 23.0 Å². The van der Waals surface area contributed by atoms with Crippen LogP contribution in [0.1, 0.15) is 52.7 Å². The molecule has 2 N–H and O–H groups in total. The van der Waals surface area contributed by atoms with Gasteiger partial charge in [0.15, 0.2) is 5.78 Å². The van der Waals surface area contributed by atoms with Crippen LogP contribution in [0.3, 0.4) is 0 Å². The maximum Gasteiger partial charge on any atom is 0.251 e. The van der Waals surface area contributed by atoms with Crippen LogP contribution in [0, 0.1) is 5.82 Å². The lowest BCUT2D eigenvalue weighted by atomic mass is 10.1. The summed E-state index contributed by atoms with van der Waals surface area (Å²) in [5.41, 5.74) is 2.16. The Morgan fingerprint density at radius 2 is 1.71 bits per heavy atom. The van der Waals surface area contributed by atoms with Gasteiger partial charge in [0, 0.05) is 42.6 Å². The quantitative estimate of drug-likeness (QED) is 0.249. The van der Waals surface area contributed by atoms with Gasteiger partial charge in [-0.3, -0.25) is 23.9 Å². The fourth-order valence-electron chi connectivity index (χ4n) is 4.45. The van der Waals surface area contributed by atoms with Gasteiger partial charge in [0.1, 0.15) is 18.1 Å². The van der Waals surface area contributed by atoms with Crippen molar-refractivity contribution in [3.05, 3.63) is 100.0 Å². The molecule has 4 aromatic rings. The van der Waals surface area contributed by atoms with E-state index in [9.17, 15) is 23.6 Å². The lowest BCUT2D eigenvalue weighted by molar-refractivity contribution is -0.138. The second kappa shape index (κ2) is 13.4. The molecule has 0 aliphatic heterocycles. The van der Waals surface area contributed by atoms with E-state index in [1.165, 1.54) is 28.6 Å². The molecule has 11 heteroatoms. The number of hydrogen-bond acceptors (Lipinski definition) is 5. The number of nitrogens with zero attached hydrogens (tertiary/aromatic N) is 3. The Bertz CT molecular complexity index is 1640. The van der Waals surface area contributed by atoms with Crippen LogP contribution in [-0.2, 0) is 29.2 Å². The molecular weight excluding hydrogens is 561 g/mol. The maximum absolute atomic E-state index is 14.2. The van der Waals surface area contributed by atoms with E-state index in [-0.39, 0.29) is 53.6 Å². The summed E-state index contributed by atoms with van der Waals surface area (Å²) < 4.78 is 15.6. The van der Waals surface area contributed by atoms with E-state index >= 15 is 0 Å². The minimum absolute atomic E-state index is 0.0444. The van der Waals surface area contributed by atoms with Crippen molar-refractivity contribution in [1.82, 2.24) is 25.3 Å². The second-order valence-corrected chi connectivity index (χ2v) is 10.5. The minimum atomic E-state index is -0.611. The van der Waals surface area contributed by atoms with Crippen LogP contribution in [-0.4, -0.2) is 50.8 Å². The molecular formula is C31H31ClFN5O4. The Morgan fingerprint density at radius 3 is 2.40 bits per heavy atom. The number of nitrogens with one attached hydrogen (secondary N) is 2. The topological polar surface area (TPSA) is 113 Å². The number of hydrogen-bond donors (Lipinski definition) is 2. The largest absolute Gasteiger partial charge is 0.350 e. The number of halogens is 2. The molecule has 1 heterocycles. The molecule has 218 valence electrons. The molecule has 0 spiro atoms. The van der Waals surface area contributed by atoms with Crippen LogP contribution in [0.5, 0.6) is 0 Å². The summed E-state index contributed by atoms with van der Waals surface area (Å²) in [4.78, 5) is 52.6. The Labute approximate surface area is 247 Å². The standard InChI is InChI=1S/C31H31ClFN5O4/c1-19(2)37(17-27(40)34-16-23-10-7-11-25(32)29(23)33)28(41)18-38-26-13-12-22(14-24(26)30(36-38)20(3)39)31(42)35-15-21-8-5-4-6-9-21/h4-14,19H,15-18H2,1-3H3,(H,34,40)(H,35,42). The SMILES string of the molecule is CC(=O)c1nn(CC(=O)N(CC(=O)NCc2cccc(Cl)c2F)C(C)C)c2ccc(C(=O)NCc3ccccc3)cc12. The van der Waals surface area contributed by atoms with Gasteiger partial charge in [0.05, 0.1) is 17.1 Å². The number of rotatable bonds is 11. The van der Waals surface area contributed by atoms with Crippen LogP contribution >= 0.6 is 11.6 Å². The highest BCUT2D eigenvalue weighted by Crippen LogP contribution is 2.22. The maximum atomic E-state index is 14.2. The van der Waals surface area contributed by atoms with Crippen molar-refractivity contribution in [3.63, 3.8) is 0 Å². The molecule has 0 fully saturated rings. The van der Waals surface area contributed by atoms with Crippen molar-refractivity contribution >= 4 is 46.0 Å². The Balaban J connectivity index is 1.48. The number of carbonyl (C=O) groups excluding carboxylic acids is 4. The van der Waals surface area contributed by atoms with Gasteiger partial charge in [-0.05, 0) is 43.7 Å². The predicted molar refractivity (Wildman–Crippen MR) is 157 cm³/mol. The average molecular weight is 592 g/mol. The molecule has 0 saturated heterocycles. The number of benzene rings is 3. The summed E-state index contributed by atoms with van der Waals surface area (Å²) >= 11 is 5.81. The number of Topliss-reactive ketones (excluding diaryl/α,β-unsaturated/α-hetero) is 1. The normalized spacial score (nSPS) is 11.0. The molecule has 0 aliphatic carbocycles. The highest BCUT2D eigenvalue weighted by Gasteiger charge is 2.24. The summed E-state index contributed by atoms with van der Waals surface area (Å²) in [6.07, 6.45) is 0. The van der Waals surface area contributed by atoms with Crippen LogP contribution in [0.2, 0.25) is 5.02 Å². The van der Waals surface area contributed by atoms with Crippen LogP contribution in [0.15, 0.2) is 66.7 Å². The van der Waals surface area contributed by atoms with E-state index in [2.05, 4.69) is 15.7 Å². The summed E-state index contributed by atoms with van der Waals surface area (Å²) in [6, 6.07) is 18.5. The molecule has 1 aromatic heterocycles. The number of aromatic nitrogens is 2. The zero-order valence-electron chi connectivity index (χ0n) is 23.5. The van der Waals surface area contributed by atoms with Gasteiger partial charge in [0.2, 0.25) is 11.8 Å². The smallest absolute Gasteiger partial charge is 0.251 e. The molecule has 9 nitrogen and oxygen atoms in total. The molecule has 0 radical (unpaired) electrons. The van der Waals surface area contributed by atoms with E-state index in [4.69, 9.17) is 11.6 Å². The van der Waals surface area contributed by atoms with Gasteiger partial charge in [-0.1, -0.05) is 54.1 Å². The van der Waals surface area contributed by atoms with Gasteiger partial charge in [-0.25, -0.2) is 4.39 Å². The molecule has 0 saturated carbocycles. The van der Waals surface area contributed by atoms with Crippen molar-refractivity contribution in [2.75, 3.05) is 6.54 Å². The lowest BCUT2D eigenvalue weighted by Crippen LogP contribution is -2.45. The zero-order chi connectivity index (χ0) is 30.4. The van der Waals surface area contributed by atoms with E-state index in [1.54, 1.807) is 38.1 Å². The third-order valence-electron chi connectivity index (χ3n) is 6.69. The van der Waals surface area contributed by atoms with Crippen LogP contribution < -0.4 is 10.6 Å². The molecule has 0 unspecified atom stereocenters. The van der Waals surface area contributed by atoms with Crippen molar-refractivity contribution in [3.8, 4) is 0 Å². The molecule has 3 aromatic carbocycles. The summed E-state index contributed by atoms with van der Waals surface area (Å²) in [6.45, 7) is 4.66. The van der Waals surface area contributed by atoms with Gasteiger partial charge in [0.25, 0.3) is 5.91 Å². The van der Waals surface area contributed by atoms with Crippen molar-refractivity contribution < 1.29 is 23.6 Å². The van der Waals surface area contributed by atoms with Crippen LogP contribution in [0.25, 0.3) is 10.9 Å². The van der Waals surface area contributed by atoms with Crippen LogP contribution in [0.4, 0.5) is 4.39 Å². The molecule has 0 atom stereocenters. The summed E-state index contributed by atoms with van der Waals surface area (Å²) in [5, 5.41) is 10.3. The fraction of sp³-hybridized carbons (Fsp3) is 0.258. The Morgan fingerprint density at radius 1 is 0.976 bits per heavy atom. The van der Waals surface area contributed by atoms with Crippen molar-refractivity contribution in [1.29, 1.82) is 0 Å². The number of amides is 3. The number of fused-ring (bicyclic) bond motifs is 1. The van der Waals surface area contributed by atoms with Crippen molar-refractivity contribution in [2.45, 2.75) is 46.4 Å². The molecule has 0 bridgehead atoms.